The van der Waals surface area contributed by atoms with Gasteiger partial charge < -0.3 is 10.7 Å². The van der Waals surface area contributed by atoms with Crippen LogP contribution < -0.4 is 5.84 Å². The Morgan fingerprint density at radius 1 is 1.21 bits per heavy atom. The number of rotatable bonds is 7. The molecular weight excluding hydrogens is 429 g/mol. The number of halogens is 2. The van der Waals surface area contributed by atoms with E-state index in [1.807, 2.05) is 44.2 Å². The smallest absolute Gasteiger partial charge is 0.236 e. The van der Waals surface area contributed by atoms with Crippen molar-refractivity contribution < 1.29 is 4.79 Å². The number of amides is 1. The van der Waals surface area contributed by atoms with Gasteiger partial charge in [-0.3, -0.25) is 4.79 Å². The molecule has 1 unspecified atom stereocenters. The van der Waals surface area contributed by atoms with Gasteiger partial charge in [0, 0.05) is 23.7 Å². The van der Waals surface area contributed by atoms with Crippen molar-refractivity contribution in [2.45, 2.75) is 30.8 Å². The number of benzene rings is 2. The molecule has 29 heavy (non-hydrogen) atoms. The average Bonchev–Trinajstić information content (AvgIpc) is 3.06. The highest BCUT2D eigenvalue weighted by atomic mass is 35.5. The summed E-state index contributed by atoms with van der Waals surface area (Å²) >= 11 is 13.5. The fraction of sp³-hybridized carbons (Fsp3) is 0.250. The highest BCUT2D eigenvalue weighted by molar-refractivity contribution is 8.00. The molecule has 0 aliphatic rings. The maximum Gasteiger partial charge on any atom is 0.236 e. The molecule has 0 spiro atoms. The lowest BCUT2D eigenvalue weighted by molar-refractivity contribution is -0.130. The lowest BCUT2D eigenvalue weighted by Crippen LogP contribution is -2.36. The van der Waals surface area contributed by atoms with E-state index < -0.39 is 0 Å². The molecule has 9 heteroatoms. The van der Waals surface area contributed by atoms with E-state index in [4.69, 9.17) is 29.0 Å². The monoisotopic (exact) mass is 449 g/mol. The van der Waals surface area contributed by atoms with Crippen LogP contribution in [0.2, 0.25) is 10.0 Å². The fourth-order valence-electron chi connectivity index (χ4n) is 2.83. The predicted molar refractivity (Wildman–Crippen MR) is 118 cm³/mol. The summed E-state index contributed by atoms with van der Waals surface area (Å²) in [5.41, 5.74) is 1.71. The molecule has 152 valence electrons. The van der Waals surface area contributed by atoms with Gasteiger partial charge in [-0.15, -0.1) is 10.2 Å². The Morgan fingerprint density at radius 2 is 1.93 bits per heavy atom. The summed E-state index contributed by atoms with van der Waals surface area (Å²) < 4.78 is 1.34. The minimum Gasteiger partial charge on any atom is -0.338 e. The van der Waals surface area contributed by atoms with Crippen molar-refractivity contribution in [2.75, 3.05) is 12.4 Å². The lowest BCUT2D eigenvalue weighted by atomic mass is 10.2. The summed E-state index contributed by atoms with van der Waals surface area (Å²) in [6, 6.07) is 15.0. The second kappa shape index (κ2) is 9.52. The zero-order valence-corrected chi connectivity index (χ0v) is 18.4. The van der Waals surface area contributed by atoms with Crippen LogP contribution in [0.1, 0.15) is 19.4 Å². The summed E-state index contributed by atoms with van der Waals surface area (Å²) in [6.07, 6.45) is 0. The van der Waals surface area contributed by atoms with Gasteiger partial charge in [0.05, 0.1) is 10.3 Å². The van der Waals surface area contributed by atoms with Gasteiger partial charge in [-0.05, 0) is 37.6 Å². The summed E-state index contributed by atoms with van der Waals surface area (Å²) in [4.78, 5) is 14.7. The van der Waals surface area contributed by atoms with Crippen LogP contribution in [0.4, 0.5) is 0 Å². The second-order valence-electron chi connectivity index (χ2n) is 6.40. The van der Waals surface area contributed by atoms with Crippen molar-refractivity contribution in [1.82, 2.24) is 19.8 Å². The molecule has 0 aliphatic carbocycles. The molecule has 0 bridgehead atoms. The van der Waals surface area contributed by atoms with Gasteiger partial charge in [0.1, 0.15) is 0 Å². The highest BCUT2D eigenvalue weighted by Crippen LogP contribution is 2.31. The van der Waals surface area contributed by atoms with E-state index in [1.165, 1.54) is 16.4 Å². The number of nitrogens with two attached hydrogens (primary N) is 1. The van der Waals surface area contributed by atoms with Crippen LogP contribution >= 0.6 is 35.0 Å². The third-order valence-electron chi connectivity index (χ3n) is 4.38. The number of thioether (sulfide) groups is 1. The first-order valence-electron chi connectivity index (χ1n) is 9.06. The van der Waals surface area contributed by atoms with Crippen LogP contribution in [0.5, 0.6) is 0 Å². The standard InChI is InChI=1S/C20H21Cl2N5OS/c1-3-26(12-14-7-5-4-6-8-14)19(28)13(2)29-20-25-24-18(27(20)23)16-10-9-15(21)11-17(16)22/h4-11,13H,3,12,23H2,1-2H3. The number of hydrogen-bond donors (Lipinski definition) is 1. The molecule has 3 aromatic rings. The molecular formula is C20H21Cl2N5OS. The largest absolute Gasteiger partial charge is 0.338 e. The van der Waals surface area contributed by atoms with Crippen LogP contribution in [-0.2, 0) is 11.3 Å². The molecule has 1 amide bonds. The summed E-state index contributed by atoms with van der Waals surface area (Å²) in [5.74, 6) is 6.59. The fourth-order valence-corrected chi connectivity index (χ4v) is 4.17. The molecule has 3 rings (SSSR count). The van der Waals surface area contributed by atoms with E-state index in [0.717, 1.165) is 5.56 Å². The molecule has 2 aromatic carbocycles. The highest BCUT2D eigenvalue weighted by Gasteiger charge is 2.24. The van der Waals surface area contributed by atoms with E-state index >= 15 is 0 Å². The van der Waals surface area contributed by atoms with E-state index in [9.17, 15) is 4.79 Å². The quantitative estimate of drug-likeness (QED) is 0.424. The van der Waals surface area contributed by atoms with Crippen LogP contribution in [0, 0.1) is 0 Å². The van der Waals surface area contributed by atoms with Crippen molar-refractivity contribution in [2.24, 2.45) is 0 Å². The number of carbonyl (C=O) groups is 1. The van der Waals surface area contributed by atoms with Gasteiger partial charge >= 0.3 is 0 Å². The summed E-state index contributed by atoms with van der Waals surface area (Å²) in [6.45, 7) is 4.97. The first kappa shape index (κ1) is 21.5. The first-order chi connectivity index (χ1) is 13.9. The van der Waals surface area contributed by atoms with Gasteiger partial charge in [-0.25, -0.2) is 4.68 Å². The number of nitrogen functional groups attached to an aromatic ring is 1. The molecule has 6 nitrogen and oxygen atoms in total. The number of carbonyl (C=O) groups excluding carboxylic acids is 1. The Balaban J connectivity index is 1.74. The van der Waals surface area contributed by atoms with Crippen molar-refractivity contribution >= 4 is 40.9 Å². The van der Waals surface area contributed by atoms with Gasteiger partial charge in [0.15, 0.2) is 5.82 Å². The minimum absolute atomic E-state index is 0.00966. The van der Waals surface area contributed by atoms with Crippen molar-refractivity contribution in [3.05, 3.63) is 64.1 Å². The van der Waals surface area contributed by atoms with Crippen molar-refractivity contribution in [3.8, 4) is 11.4 Å². The molecule has 2 N–H and O–H groups in total. The average molecular weight is 450 g/mol. The van der Waals surface area contributed by atoms with Gasteiger partial charge in [-0.1, -0.05) is 65.3 Å². The summed E-state index contributed by atoms with van der Waals surface area (Å²) in [5, 5.41) is 9.28. The van der Waals surface area contributed by atoms with E-state index in [0.29, 0.717) is 39.7 Å². The van der Waals surface area contributed by atoms with Crippen molar-refractivity contribution in [1.29, 1.82) is 0 Å². The van der Waals surface area contributed by atoms with E-state index in [2.05, 4.69) is 10.2 Å². The van der Waals surface area contributed by atoms with Gasteiger partial charge in [0.25, 0.3) is 0 Å². The molecule has 0 radical (unpaired) electrons. The zero-order valence-electron chi connectivity index (χ0n) is 16.0. The van der Waals surface area contributed by atoms with Crippen molar-refractivity contribution in [3.63, 3.8) is 0 Å². The van der Waals surface area contributed by atoms with Crippen LogP contribution in [0.25, 0.3) is 11.4 Å². The number of aromatic nitrogens is 3. The Morgan fingerprint density at radius 3 is 2.59 bits per heavy atom. The third-order valence-corrected chi connectivity index (χ3v) is 5.97. The predicted octanol–water partition coefficient (Wildman–Crippen LogP) is 4.50. The Bertz CT molecular complexity index is 996. The maximum atomic E-state index is 12.9. The van der Waals surface area contributed by atoms with Crippen LogP contribution in [0.3, 0.4) is 0 Å². The molecule has 0 fully saturated rings. The zero-order chi connectivity index (χ0) is 21.0. The maximum absolute atomic E-state index is 12.9. The minimum atomic E-state index is -0.376. The normalized spacial score (nSPS) is 12.0. The third kappa shape index (κ3) is 5.04. The molecule has 1 atom stereocenters. The van der Waals surface area contributed by atoms with E-state index in [1.54, 1.807) is 23.1 Å². The second-order valence-corrected chi connectivity index (χ2v) is 8.55. The van der Waals surface area contributed by atoms with Crippen LogP contribution in [-0.4, -0.2) is 37.5 Å². The number of nitrogens with zero attached hydrogens (tertiary/aromatic N) is 4. The van der Waals surface area contributed by atoms with Gasteiger partial charge in [0.2, 0.25) is 11.1 Å². The Labute approximate surface area is 184 Å². The summed E-state index contributed by atoms with van der Waals surface area (Å²) in [7, 11) is 0. The molecule has 1 heterocycles. The topological polar surface area (TPSA) is 77.0 Å². The Hall–Kier alpha value is -2.22. The Kier molecular flexibility index (Phi) is 7.05. The molecule has 0 aliphatic heterocycles. The van der Waals surface area contributed by atoms with Gasteiger partial charge in [-0.2, -0.15) is 0 Å². The number of hydrogen-bond acceptors (Lipinski definition) is 5. The van der Waals surface area contributed by atoms with E-state index in [-0.39, 0.29) is 11.2 Å². The molecule has 0 saturated heterocycles. The molecule has 1 aromatic heterocycles. The SMILES string of the molecule is CCN(Cc1ccccc1)C(=O)C(C)Sc1nnc(-c2ccc(Cl)cc2Cl)n1N. The van der Waals surface area contributed by atoms with Crippen LogP contribution in [0.15, 0.2) is 53.7 Å². The molecule has 0 saturated carbocycles. The first-order valence-corrected chi connectivity index (χ1v) is 10.7. The lowest BCUT2D eigenvalue weighted by Gasteiger charge is -2.24.